The number of hydrogen-bond acceptors (Lipinski definition) is 2. The standard InChI is InChI=1S/C22H22N2OSi/c1-25-19-7-5-4-6-16(19)22-17-10-8-14(23)12-20(17)26(2,3)21-13-15(24)9-11-18(21)22/h4-13,23H,24H2,1-3H3/p+1. The lowest BCUT2D eigenvalue weighted by Crippen LogP contribution is -2.50. The Hall–Kier alpha value is -2.85. The first-order valence-electron chi connectivity index (χ1n) is 8.74. The third-order valence-electron chi connectivity index (χ3n) is 5.35. The summed E-state index contributed by atoms with van der Waals surface area (Å²) in [7, 11) is -0.202. The van der Waals surface area contributed by atoms with Crippen LogP contribution in [0.3, 0.4) is 0 Å². The van der Waals surface area contributed by atoms with Crippen molar-refractivity contribution in [2.45, 2.75) is 13.1 Å². The predicted molar refractivity (Wildman–Crippen MR) is 111 cm³/mol. The van der Waals surface area contributed by atoms with Gasteiger partial charge in [0.1, 0.15) is 13.8 Å². The quantitative estimate of drug-likeness (QED) is 0.638. The second-order valence-electron chi connectivity index (χ2n) is 7.31. The molecular weight excluding hydrogens is 336 g/mol. The van der Waals surface area contributed by atoms with Gasteiger partial charge in [0.25, 0.3) is 0 Å². The number of rotatable bonds is 2. The predicted octanol–water partition coefficient (Wildman–Crippen LogP) is 2.24. The Morgan fingerprint density at radius 2 is 1.77 bits per heavy atom. The van der Waals surface area contributed by atoms with E-state index >= 15 is 0 Å². The van der Waals surface area contributed by atoms with Crippen LogP contribution in [0.4, 0.5) is 5.69 Å². The molecular formula is C22H23N2OSi+. The van der Waals surface area contributed by atoms with Gasteiger partial charge in [-0.15, -0.1) is 0 Å². The van der Waals surface area contributed by atoms with E-state index in [2.05, 4.69) is 49.5 Å². The summed E-state index contributed by atoms with van der Waals surface area (Å²) in [6, 6.07) is 14.5. The van der Waals surface area contributed by atoms with Gasteiger partial charge in [-0.3, -0.25) is 5.41 Å². The molecule has 0 amide bonds. The molecule has 0 atom stereocenters. The van der Waals surface area contributed by atoms with Gasteiger partial charge in [0.05, 0.1) is 7.11 Å². The molecule has 4 N–H and O–H groups in total. The number of para-hydroxylation sites is 1. The average Bonchev–Trinajstić information content (AvgIpc) is 2.63. The zero-order chi connectivity index (χ0) is 18.5. The Labute approximate surface area is 155 Å². The maximum atomic E-state index is 6.16. The van der Waals surface area contributed by atoms with E-state index in [0.29, 0.717) is 0 Å². The monoisotopic (exact) mass is 359 g/mol. The highest BCUT2D eigenvalue weighted by molar-refractivity contribution is 6.98. The molecule has 0 fully saturated rings. The third kappa shape index (κ3) is 2.37. The van der Waals surface area contributed by atoms with Crippen molar-refractivity contribution in [3.8, 4) is 5.75 Å². The van der Waals surface area contributed by atoms with E-state index in [9.17, 15) is 0 Å². The van der Waals surface area contributed by atoms with Gasteiger partial charge in [-0.2, -0.15) is 0 Å². The summed E-state index contributed by atoms with van der Waals surface area (Å²) < 4.78 is 5.67. The van der Waals surface area contributed by atoms with Crippen LogP contribution in [0, 0.1) is 0 Å². The molecule has 4 heteroatoms. The lowest BCUT2D eigenvalue weighted by atomic mass is 9.89. The molecule has 1 aliphatic heterocycles. The van der Waals surface area contributed by atoms with Crippen LogP contribution in [0.25, 0.3) is 5.57 Å². The van der Waals surface area contributed by atoms with Crippen molar-refractivity contribution >= 4 is 30.2 Å². The number of fused-ring (bicyclic) bond motifs is 2. The van der Waals surface area contributed by atoms with E-state index in [1.807, 2.05) is 24.3 Å². The second-order valence-corrected chi connectivity index (χ2v) is 11.6. The highest BCUT2D eigenvalue weighted by Gasteiger charge is 2.40. The van der Waals surface area contributed by atoms with E-state index in [1.165, 1.54) is 27.1 Å². The Morgan fingerprint density at radius 1 is 1.00 bits per heavy atom. The smallest absolute Gasteiger partial charge is 0.196 e. The van der Waals surface area contributed by atoms with Crippen molar-refractivity contribution in [3.05, 3.63) is 82.6 Å². The molecule has 2 aromatic carbocycles. The summed E-state index contributed by atoms with van der Waals surface area (Å²) in [5.74, 6) is 0.870. The van der Waals surface area contributed by atoms with E-state index in [0.717, 1.165) is 22.7 Å². The molecule has 0 aromatic heterocycles. The van der Waals surface area contributed by atoms with Crippen LogP contribution < -0.4 is 21.1 Å². The minimum Gasteiger partial charge on any atom is -0.496 e. The normalized spacial score (nSPS) is 17.5. The number of nitrogen functional groups attached to an aromatic ring is 1. The highest BCUT2D eigenvalue weighted by atomic mass is 28.3. The number of allylic oxidation sites excluding steroid dienone is 5. The van der Waals surface area contributed by atoms with Crippen molar-refractivity contribution < 1.29 is 10.1 Å². The van der Waals surface area contributed by atoms with Crippen LogP contribution in [-0.4, -0.2) is 20.9 Å². The first-order valence-corrected chi connectivity index (χ1v) is 11.7. The first kappa shape index (κ1) is 16.6. The zero-order valence-corrected chi connectivity index (χ0v) is 16.3. The highest BCUT2D eigenvalue weighted by Crippen LogP contribution is 2.43. The molecule has 2 aliphatic rings. The molecule has 1 heterocycles. The molecule has 1 aliphatic carbocycles. The third-order valence-corrected chi connectivity index (χ3v) is 8.87. The second kappa shape index (κ2) is 5.85. The zero-order valence-electron chi connectivity index (χ0n) is 15.3. The number of hydrogen-bond donors (Lipinski definition) is 2. The van der Waals surface area contributed by atoms with Crippen molar-refractivity contribution in [2.24, 2.45) is 0 Å². The maximum Gasteiger partial charge on any atom is 0.196 e. The average molecular weight is 360 g/mol. The van der Waals surface area contributed by atoms with E-state index < -0.39 is 8.07 Å². The van der Waals surface area contributed by atoms with Crippen LogP contribution in [0.5, 0.6) is 5.75 Å². The molecule has 0 saturated carbocycles. The largest absolute Gasteiger partial charge is 0.496 e. The lowest BCUT2D eigenvalue weighted by molar-refractivity contribution is -0.110. The molecule has 4 rings (SSSR count). The minimum absolute atomic E-state index is 0.802. The van der Waals surface area contributed by atoms with Crippen molar-refractivity contribution in [3.63, 3.8) is 0 Å². The summed E-state index contributed by atoms with van der Waals surface area (Å²) >= 11 is 0. The molecule has 130 valence electrons. The Kier molecular flexibility index (Phi) is 3.74. The number of nitrogens with two attached hydrogens (primary N) is 2. The maximum absolute atomic E-state index is 6.16. The Morgan fingerprint density at radius 3 is 2.54 bits per heavy atom. The van der Waals surface area contributed by atoms with Crippen LogP contribution in [-0.2, 0) is 0 Å². The van der Waals surface area contributed by atoms with E-state index in [4.69, 9.17) is 15.9 Å². The molecule has 2 aromatic rings. The van der Waals surface area contributed by atoms with Gasteiger partial charge in [-0.1, -0.05) is 37.4 Å². The van der Waals surface area contributed by atoms with Crippen molar-refractivity contribution in [2.75, 3.05) is 12.8 Å². The molecule has 3 nitrogen and oxygen atoms in total. The van der Waals surface area contributed by atoms with Crippen LogP contribution in [0.15, 0.2) is 71.5 Å². The summed E-state index contributed by atoms with van der Waals surface area (Å²) in [5, 5.41) is 8.84. The summed E-state index contributed by atoms with van der Waals surface area (Å²) in [4.78, 5) is 0. The molecule has 0 radical (unpaired) electrons. The van der Waals surface area contributed by atoms with E-state index in [-0.39, 0.29) is 0 Å². The van der Waals surface area contributed by atoms with Gasteiger partial charge in [0, 0.05) is 23.4 Å². The molecule has 0 bridgehead atoms. The van der Waals surface area contributed by atoms with Gasteiger partial charge < -0.3 is 10.5 Å². The molecule has 26 heavy (non-hydrogen) atoms. The number of ether oxygens (including phenoxy) is 1. The summed E-state index contributed by atoms with van der Waals surface area (Å²) in [5.41, 5.74) is 12.5. The van der Waals surface area contributed by atoms with E-state index in [1.54, 1.807) is 7.11 Å². The van der Waals surface area contributed by atoms with Crippen LogP contribution >= 0.6 is 0 Å². The van der Waals surface area contributed by atoms with Crippen molar-refractivity contribution in [1.82, 2.24) is 0 Å². The molecule has 0 spiro atoms. The summed E-state index contributed by atoms with van der Waals surface area (Å²) in [6.07, 6.45) is 6.28. The number of methoxy groups -OCH3 is 1. The van der Waals surface area contributed by atoms with Crippen LogP contribution in [0.1, 0.15) is 11.1 Å². The fraction of sp³-hybridized carbons (Fsp3) is 0.136. The van der Waals surface area contributed by atoms with Gasteiger partial charge in [-0.05, 0) is 51.4 Å². The Balaban J connectivity index is 2.13. The fourth-order valence-corrected chi connectivity index (χ4v) is 7.13. The van der Waals surface area contributed by atoms with Gasteiger partial charge in [-0.25, -0.2) is 0 Å². The van der Waals surface area contributed by atoms with Gasteiger partial charge in [0.15, 0.2) is 5.71 Å². The van der Waals surface area contributed by atoms with Crippen LogP contribution in [0.2, 0.25) is 13.1 Å². The molecule has 0 saturated heterocycles. The minimum atomic E-state index is -1.92. The van der Waals surface area contributed by atoms with Gasteiger partial charge in [0.2, 0.25) is 0 Å². The number of anilines is 1. The fourth-order valence-electron chi connectivity index (χ4n) is 4.03. The SMILES string of the molecule is COc1ccccc1C1=C2C=CC(=[NH2+])C=C2[Si](C)(C)c2cc(N)ccc21. The first-order chi connectivity index (χ1) is 12.4. The van der Waals surface area contributed by atoms with Crippen molar-refractivity contribution in [1.29, 1.82) is 0 Å². The van der Waals surface area contributed by atoms with Gasteiger partial charge >= 0.3 is 0 Å². The Bertz CT molecular complexity index is 1030. The lowest BCUT2D eigenvalue weighted by Gasteiger charge is -2.37. The topological polar surface area (TPSA) is 60.8 Å². The molecule has 0 unspecified atom stereocenters. The number of benzene rings is 2. The summed E-state index contributed by atoms with van der Waals surface area (Å²) in [6.45, 7) is 4.73.